The standard InChI is InChI=1S/C11H24N2S/c1-8(9(2)7-12-4)6-11(13-5)10(3)14/h8-9,11-13H,6-7H2,1-5H3/t8-,9?,11?/m1/s1. The third-order valence-electron chi connectivity index (χ3n) is 2.94. The molecule has 2 nitrogen and oxygen atoms in total. The van der Waals surface area contributed by atoms with E-state index in [9.17, 15) is 0 Å². The maximum absolute atomic E-state index is 5.21. The van der Waals surface area contributed by atoms with Crippen molar-refractivity contribution in [3.8, 4) is 0 Å². The van der Waals surface area contributed by atoms with Crippen LogP contribution in [-0.4, -0.2) is 31.5 Å². The first-order valence-electron chi connectivity index (χ1n) is 5.35. The van der Waals surface area contributed by atoms with E-state index >= 15 is 0 Å². The summed E-state index contributed by atoms with van der Waals surface area (Å²) in [6.07, 6.45) is 1.13. The van der Waals surface area contributed by atoms with Gasteiger partial charge in [-0.3, -0.25) is 0 Å². The summed E-state index contributed by atoms with van der Waals surface area (Å²) in [5.41, 5.74) is 0. The Bertz CT molecular complexity index is 171. The molecule has 0 aliphatic rings. The van der Waals surface area contributed by atoms with Gasteiger partial charge in [-0.1, -0.05) is 26.1 Å². The fraction of sp³-hybridized carbons (Fsp3) is 0.909. The molecule has 0 heterocycles. The monoisotopic (exact) mass is 216 g/mol. The minimum atomic E-state index is 0.388. The summed E-state index contributed by atoms with van der Waals surface area (Å²) in [6.45, 7) is 7.68. The first kappa shape index (κ1) is 14.0. The highest BCUT2D eigenvalue weighted by molar-refractivity contribution is 7.80. The Morgan fingerprint density at radius 1 is 1.21 bits per heavy atom. The molecular formula is C11H24N2S. The Labute approximate surface area is 93.8 Å². The van der Waals surface area contributed by atoms with E-state index in [1.807, 2.05) is 21.0 Å². The number of hydrogen-bond donors (Lipinski definition) is 2. The van der Waals surface area contributed by atoms with Gasteiger partial charge in [0.1, 0.15) is 0 Å². The Morgan fingerprint density at radius 2 is 1.79 bits per heavy atom. The molecule has 3 atom stereocenters. The molecular weight excluding hydrogens is 192 g/mol. The zero-order chi connectivity index (χ0) is 11.1. The van der Waals surface area contributed by atoms with E-state index < -0.39 is 0 Å². The van der Waals surface area contributed by atoms with Crippen LogP contribution in [0, 0.1) is 11.8 Å². The zero-order valence-electron chi connectivity index (χ0n) is 10.1. The zero-order valence-corrected chi connectivity index (χ0v) is 10.9. The van der Waals surface area contributed by atoms with Crippen LogP contribution in [-0.2, 0) is 0 Å². The Hall–Kier alpha value is 0.01000. The third-order valence-corrected chi connectivity index (χ3v) is 3.23. The van der Waals surface area contributed by atoms with Crippen LogP contribution in [0.15, 0.2) is 0 Å². The van der Waals surface area contributed by atoms with Gasteiger partial charge in [-0.05, 0) is 45.8 Å². The van der Waals surface area contributed by atoms with Gasteiger partial charge >= 0.3 is 0 Å². The van der Waals surface area contributed by atoms with Crippen LogP contribution >= 0.6 is 12.2 Å². The number of nitrogens with one attached hydrogen (secondary N) is 2. The lowest BCUT2D eigenvalue weighted by Crippen LogP contribution is -2.35. The van der Waals surface area contributed by atoms with E-state index in [2.05, 4.69) is 24.5 Å². The van der Waals surface area contributed by atoms with Gasteiger partial charge in [0.25, 0.3) is 0 Å². The lowest BCUT2D eigenvalue weighted by Gasteiger charge is -2.24. The van der Waals surface area contributed by atoms with Crippen molar-refractivity contribution in [1.82, 2.24) is 10.6 Å². The fourth-order valence-electron chi connectivity index (χ4n) is 1.61. The molecule has 0 aromatic heterocycles. The second kappa shape index (κ2) is 7.32. The van der Waals surface area contributed by atoms with Gasteiger partial charge in [-0.25, -0.2) is 0 Å². The van der Waals surface area contributed by atoms with Gasteiger partial charge in [0, 0.05) is 10.9 Å². The Balaban J connectivity index is 4.01. The van der Waals surface area contributed by atoms with Crippen molar-refractivity contribution < 1.29 is 0 Å². The molecule has 0 aliphatic carbocycles. The molecule has 0 rings (SSSR count). The first-order chi connectivity index (χ1) is 6.52. The second-order valence-electron chi connectivity index (χ2n) is 4.20. The lowest BCUT2D eigenvalue weighted by atomic mass is 9.89. The summed E-state index contributed by atoms with van der Waals surface area (Å²) in [7, 11) is 3.99. The second-order valence-corrected chi connectivity index (χ2v) is 4.84. The van der Waals surface area contributed by atoms with E-state index in [1.54, 1.807) is 0 Å². The highest BCUT2D eigenvalue weighted by atomic mass is 32.1. The van der Waals surface area contributed by atoms with Crippen molar-refractivity contribution in [3.05, 3.63) is 0 Å². The van der Waals surface area contributed by atoms with Crippen molar-refractivity contribution in [2.45, 2.75) is 33.2 Å². The van der Waals surface area contributed by atoms with Gasteiger partial charge < -0.3 is 10.6 Å². The van der Waals surface area contributed by atoms with Crippen LogP contribution in [0.5, 0.6) is 0 Å². The third kappa shape index (κ3) is 5.03. The van der Waals surface area contributed by atoms with Crippen LogP contribution in [0.1, 0.15) is 27.2 Å². The SMILES string of the molecule is CNCC(C)[C@H](C)CC(NC)C(C)=S. The fourth-order valence-corrected chi connectivity index (χ4v) is 1.83. The van der Waals surface area contributed by atoms with E-state index in [0.717, 1.165) is 17.8 Å². The molecule has 0 saturated carbocycles. The summed E-state index contributed by atoms with van der Waals surface area (Å²) in [5.74, 6) is 1.39. The minimum Gasteiger partial charge on any atom is -0.319 e. The van der Waals surface area contributed by atoms with Crippen LogP contribution in [0.4, 0.5) is 0 Å². The van der Waals surface area contributed by atoms with Crippen LogP contribution in [0.3, 0.4) is 0 Å². The molecule has 0 bridgehead atoms. The van der Waals surface area contributed by atoms with Crippen molar-refractivity contribution in [3.63, 3.8) is 0 Å². The number of thiocarbonyl (C=S) groups is 1. The summed E-state index contributed by atoms with van der Waals surface area (Å²) in [5, 5.41) is 6.48. The molecule has 0 aromatic rings. The molecule has 0 saturated heterocycles. The molecule has 84 valence electrons. The highest BCUT2D eigenvalue weighted by Gasteiger charge is 2.17. The van der Waals surface area contributed by atoms with E-state index in [4.69, 9.17) is 12.2 Å². The van der Waals surface area contributed by atoms with Gasteiger partial charge in [-0.2, -0.15) is 0 Å². The molecule has 0 aliphatic heterocycles. The summed E-state index contributed by atoms with van der Waals surface area (Å²) in [6, 6.07) is 0.388. The van der Waals surface area contributed by atoms with Gasteiger partial charge in [-0.15, -0.1) is 0 Å². The lowest BCUT2D eigenvalue weighted by molar-refractivity contribution is 0.339. The predicted molar refractivity (Wildman–Crippen MR) is 68.0 cm³/mol. The molecule has 0 radical (unpaired) electrons. The maximum atomic E-state index is 5.21. The van der Waals surface area contributed by atoms with E-state index in [0.29, 0.717) is 17.9 Å². The molecule has 14 heavy (non-hydrogen) atoms. The molecule has 2 N–H and O–H groups in total. The number of rotatable bonds is 7. The minimum absolute atomic E-state index is 0.388. The Kier molecular flexibility index (Phi) is 7.33. The van der Waals surface area contributed by atoms with Crippen molar-refractivity contribution in [1.29, 1.82) is 0 Å². The first-order valence-corrected chi connectivity index (χ1v) is 5.76. The number of hydrogen-bond acceptors (Lipinski definition) is 3. The van der Waals surface area contributed by atoms with Gasteiger partial charge in [0.05, 0.1) is 0 Å². The Morgan fingerprint density at radius 3 is 2.14 bits per heavy atom. The van der Waals surface area contributed by atoms with E-state index in [1.165, 1.54) is 0 Å². The quantitative estimate of drug-likeness (QED) is 0.635. The van der Waals surface area contributed by atoms with E-state index in [-0.39, 0.29) is 0 Å². The van der Waals surface area contributed by atoms with Crippen molar-refractivity contribution in [2.75, 3.05) is 20.6 Å². The maximum Gasteiger partial charge on any atom is 0.0381 e. The normalized spacial score (nSPS) is 17.5. The average Bonchev–Trinajstić information content (AvgIpc) is 2.13. The van der Waals surface area contributed by atoms with Gasteiger partial charge in [0.15, 0.2) is 0 Å². The van der Waals surface area contributed by atoms with Crippen LogP contribution < -0.4 is 10.6 Å². The average molecular weight is 216 g/mol. The molecule has 0 amide bonds. The molecule has 0 spiro atoms. The van der Waals surface area contributed by atoms with Crippen molar-refractivity contribution >= 4 is 17.1 Å². The smallest absolute Gasteiger partial charge is 0.0381 e. The van der Waals surface area contributed by atoms with Gasteiger partial charge in [0.2, 0.25) is 0 Å². The molecule has 0 aromatic carbocycles. The highest BCUT2D eigenvalue weighted by Crippen LogP contribution is 2.16. The molecule has 2 unspecified atom stereocenters. The molecule has 0 fully saturated rings. The molecule has 3 heteroatoms. The summed E-state index contributed by atoms with van der Waals surface area (Å²) < 4.78 is 0. The largest absolute Gasteiger partial charge is 0.319 e. The summed E-state index contributed by atoms with van der Waals surface area (Å²) in [4.78, 5) is 1.07. The predicted octanol–water partition coefficient (Wildman–Crippen LogP) is 1.85. The van der Waals surface area contributed by atoms with Crippen LogP contribution in [0.25, 0.3) is 0 Å². The van der Waals surface area contributed by atoms with Crippen LogP contribution in [0.2, 0.25) is 0 Å². The van der Waals surface area contributed by atoms with Crippen molar-refractivity contribution in [2.24, 2.45) is 11.8 Å². The summed E-state index contributed by atoms with van der Waals surface area (Å²) >= 11 is 5.21. The topological polar surface area (TPSA) is 24.1 Å².